The minimum absolute atomic E-state index is 0.417. The summed E-state index contributed by atoms with van der Waals surface area (Å²) >= 11 is 0. The number of nitrogens with one attached hydrogen (secondary N) is 1. The van der Waals surface area contributed by atoms with Crippen LogP contribution in [0.4, 0.5) is 11.5 Å². The molecule has 0 aliphatic carbocycles. The first-order valence-corrected chi connectivity index (χ1v) is 8.95. The molecule has 3 aromatic rings. The van der Waals surface area contributed by atoms with Gasteiger partial charge in [0.15, 0.2) is 0 Å². The van der Waals surface area contributed by atoms with Crippen LogP contribution in [0.3, 0.4) is 0 Å². The molecule has 1 N–H and O–H groups in total. The summed E-state index contributed by atoms with van der Waals surface area (Å²) < 4.78 is 0. The maximum Gasteiger partial charge on any atom is 0.135 e. The van der Waals surface area contributed by atoms with Gasteiger partial charge in [-0.15, -0.1) is 0 Å². The smallest absolute Gasteiger partial charge is 0.135 e. The van der Waals surface area contributed by atoms with E-state index in [-0.39, 0.29) is 0 Å². The number of pyridine rings is 1. The van der Waals surface area contributed by atoms with Gasteiger partial charge in [0.25, 0.3) is 0 Å². The summed E-state index contributed by atoms with van der Waals surface area (Å²) in [6.07, 6.45) is 4.28. The molecule has 3 heteroatoms. The van der Waals surface area contributed by atoms with E-state index in [1.165, 1.54) is 24.0 Å². The average molecular weight is 329 g/mol. The largest absolute Gasteiger partial charge is 0.340 e. The van der Waals surface area contributed by atoms with Crippen molar-refractivity contribution in [3.05, 3.63) is 90.1 Å². The van der Waals surface area contributed by atoms with Gasteiger partial charge in [0.05, 0.1) is 0 Å². The molecule has 0 spiro atoms. The Morgan fingerprint density at radius 3 is 2.48 bits per heavy atom. The summed E-state index contributed by atoms with van der Waals surface area (Å²) in [7, 11) is 0. The van der Waals surface area contributed by atoms with Gasteiger partial charge in [-0.1, -0.05) is 54.6 Å². The minimum Gasteiger partial charge on any atom is -0.340 e. The Morgan fingerprint density at radius 1 is 0.920 bits per heavy atom. The highest BCUT2D eigenvalue weighted by Gasteiger charge is 2.28. The molecule has 0 unspecified atom stereocenters. The Bertz CT molecular complexity index is 802. The van der Waals surface area contributed by atoms with Gasteiger partial charge >= 0.3 is 0 Å². The number of benzene rings is 2. The minimum atomic E-state index is 0.417. The molecule has 0 amide bonds. The Balaban J connectivity index is 1.58. The van der Waals surface area contributed by atoms with E-state index >= 15 is 0 Å². The normalized spacial score (nSPS) is 17.5. The molecule has 2 aromatic carbocycles. The maximum absolute atomic E-state index is 4.62. The molecule has 0 saturated carbocycles. The lowest BCUT2D eigenvalue weighted by Gasteiger charge is -2.26. The van der Waals surface area contributed by atoms with Crippen LogP contribution in [0.25, 0.3) is 0 Å². The topological polar surface area (TPSA) is 28.2 Å². The van der Waals surface area contributed by atoms with Gasteiger partial charge in [-0.25, -0.2) is 4.98 Å². The van der Waals surface area contributed by atoms with E-state index in [4.69, 9.17) is 0 Å². The fraction of sp³-hybridized carbons (Fsp3) is 0.227. The Morgan fingerprint density at radius 2 is 1.68 bits per heavy atom. The van der Waals surface area contributed by atoms with Crippen molar-refractivity contribution in [2.24, 2.45) is 0 Å². The summed E-state index contributed by atoms with van der Waals surface area (Å²) in [6, 6.07) is 25.7. The molecule has 2 heterocycles. The second-order valence-electron chi connectivity index (χ2n) is 6.55. The first-order valence-electron chi connectivity index (χ1n) is 8.95. The first-order chi connectivity index (χ1) is 12.4. The number of aromatic nitrogens is 1. The molecule has 1 aliphatic rings. The monoisotopic (exact) mass is 329 g/mol. The zero-order valence-corrected chi connectivity index (χ0v) is 14.3. The van der Waals surface area contributed by atoms with E-state index in [9.17, 15) is 0 Å². The highest BCUT2D eigenvalue weighted by Crippen LogP contribution is 2.36. The van der Waals surface area contributed by atoms with Crippen molar-refractivity contribution in [3.63, 3.8) is 0 Å². The molecule has 1 aromatic heterocycles. The van der Waals surface area contributed by atoms with E-state index in [1.807, 2.05) is 30.5 Å². The van der Waals surface area contributed by atoms with Crippen molar-refractivity contribution >= 4 is 11.5 Å². The lowest BCUT2D eigenvalue weighted by atomic mass is 10.0. The quantitative estimate of drug-likeness (QED) is 0.700. The van der Waals surface area contributed by atoms with Crippen LogP contribution in [0.2, 0.25) is 0 Å². The van der Waals surface area contributed by atoms with Crippen LogP contribution in [-0.4, -0.2) is 16.4 Å². The number of rotatable bonds is 5. The number of anilines is 2. The van der Waals surface area contributed by atoms with E-state index in [0.29, 0.717) is 6.04 Å². The zero-order valence-electron chi connectivity index (χ0n) is 14.3. The fourth-order valence-corrected chi connectivity index (χ4v) is 3.63. The Labute approximate surface area is 149 Å². The molecule has 3 nitrogen and oxygen atoms in total. The first kappa shape index (κ1) is 15.9. The third-order valence-electron chi connectivity index (χ3n) is 4.83. The molecule has 1 aliphatic heterocycles. The summed E-state index contributed by atoms with van der Waals surface area (Å²) in [6.45, 7) is 2.13. The van der Waals surface area contributed by atoms with E-state index < -0.39 is 0 Å². The SMILES string of the molecule is c1ccc(CN2CCC[C@H]2c2cccnc2Nc2ccccc2)cc1. The molecule has 1 saturated heterocycles. The van der Waals surface area contributed by atoms with Crippen molar-refractivity contribution in [2.45, 2.75) is 25.4 Å². The molecule has 25 heavy (non-hydrogen) atoms. The standard InChI is InChI=1S/C22H23N3/c1-3-9-18(10-4-1)17-25-16-8-14-21(25)20-13-7-15-23-22(20)24-19-11-5-2-6-12-19/h1-7,9-13,15,21H,8,14,16-17H2,(H,23,24)/t21-/m0/s1. The van der Waals surface area contributed by atoms with Crippen LogP contribution in [0.5, 0.6) is 0 Å². The molecular formula is C22H23N3. The summed E-state index contributed by atoms with van der Waals surface area (Å²) in [5.41, 5.74) is 3.74. The van der Waals surface area contributed by atoms with E-state index in [1.54, 1.807) is 0 Å². The predicted octanol–water partition coefficient (Wildman–Crippen LogP) is 5.16. The van der Waals surface area contributed by atoms with Gasteiger partial charge in [0, 0.05) is 30.0 Å². The number of nitrogens with zero attached hydrogens (tertiary/aromatic N) is 2. The van der Waals surface area contributed by atoms with Crippen molar-refractivity contribution in [1.29, 1.82) is 0 Å². The molecule has 1 fully saturated rings. The van der Waals surface area contributed by atoms with Crippen LogP contribution >= 0.6 is 0 Å². The van der Waals surface area contributed by atoms with E-state index in [2.05, 4.69) is 63.7 Å². The molecular weight excluding hydrogens is 306 g/mol. The van der Waals surface area contributed by atoms with E-state index in [0.717, 1.165) is 24.6 Å². The lowest BCUT2D eigenvalue weighted by Crippen LogP contribution is -2.23. The number of hydrogen-bond acceptors (Lipinski definition) is 3. The second kappa shape index (κ2) is 7.49. The van der Waals surface area contributed by atoms with Gasteiger partial charge in [-0.3, -0.25) is 4.90 Å². The predicted molar refractivity (Wildman–Crippen MR) is 103 cm³/mol. The molecule has 126 valence electrons. The highest BCUT2D eigenvalue weighted by molar-refractivity contribution is 5.59. The third kappa shape index (κ3) is 3.72. The molecule has 1 atom stereocenters. The summed E-state index contributed by atoms with van der Waals surface area (Å²) in [4.78, 5) is 7.19. The number of likely N-dealkylation sites (tertiary alicyclic amines) is 1. The van der Waals surface area contributed by atoms with Gasteiger partial charge < -0.3 is 5.32 Å². The van der Waals surface area contributed by atoms with Gasteiger partial charge in [0.2, 0.25) is 0 Å². The molecule has 0 radical (unpaired) electrons. The van der Waals surface area contributed by atoms with Crippen molar-refractivity contribution in [1.82, 2.24) is 9.88 Å². The van der Waals surface area contributed by atoms with Crippen LogP contribution in [0.15, 0.2) is 79.0 Å². The van der Waals surface area contributed by atoms with Crippen molar-refractivity contribution < 1.29 is 0 Å². The summed E-state index contributed by atoms with van der Waals surface area (Å²) in [5, 5.41) is 3.50. The zero-order chi connectivity index (χ0) is 16.9. The highest BCUT2D eigenvalue weighted by atomic mass is 15.2. The fourth-order valence-electron chi connectivity index (χ4n) is 3.63. The van der Waals surface area contributed by atoms with Crippen molar-refractivity contribution in [3.8, 4) is 0 Å². The van der Waals surface area contributed by atoms with Gasteiger partial charge in [-0.05, 0) is 43.1 Å². The van der Waals surface area contributed by atoms with Crippen LogP contribution in [0.1, 0.15) is 30.0 Å². The molecule has 0 bridgehead atoms. The average Bonchev–Trinajstić information content (AvgIpc) is 3.12. The Hall–Kier alpha value is -2.65. The number of hydrogen-bond donors (Lipinski definition) is 1. The lowest BCUT2D eigenvalue weighted by molar-refractivity contribution is 0.249. The van der Waals surface area contributed by atoms with Crippen LogP contribution in [0, 0.1) is 0 Å². The Kier molecular flexibility index (Phi) is 4.75. The van der Waals surface area contributed by atoms with Crippen LogP contribution in [-0.2, 0) is 6.54 Å². The van der Waals surface area contributed by atoms with Crippen LogP contribution < -0.4 is 5.32 Å². The van der Waals surface area contributed by atoms with Crippen molar-refractivity contribution in [2.75, 3.05) is 11.9 Å². The van der Waals surface area contributed by atoms with Gasteiger partial charge in [0.1, 0.15) is 5.82 Å². The van der Waals surface area contributed by atoms with Gasteiger partial charge in [-0.2, -0.15) is 0 Å². The number of para-hydroxylation sites is 1. The second-order valence-corrected chi connectivity index (χ2v) is 6.55. The maximum atomic E-state index is 4.62. The molecule has 4 rings (SSSR count). The third-order valence-corrected chi connectivity index (χ3v) is 4.83. The summed E-state index contributed by atoms with van der Waals surface area (Å²) in [5.74, 6) is 0.971.